The molecule has 1 aromatic carbocycles. The van der Waals surface area contributed by atoms with Crippen molar-refractivity contribution >= 4 is 5.95 Å². The Morgan fingerprint density at radius 1 is 1.00 bits per heavy atom. The van der Waals surface area contributed by atoms with Crippen LogP contribution in [-0.2, 0) is 0 Å². The summed E-state index contributed by atoms with van der Waals surface area (Å²) in [5.41, 5.74) is 0.915. The highest BCUT2D eigenvalue weighted by Crippen LogP contribution is 2.35. The number of fused-ring (bicyclic) bond motifs is 1. The number of hydrogen-bond acceptors (Lipinski definition) is 5. The Labute approximate surface area is 147 Å². The summed E-state index contributed by atoms with van der Waals surface area (Å²) in [6.45, 7) is 1.60. The topological polar surface area (TPSA) is 52.5 Å². The second kappa shape index (κ2) is 7.06. The van der Waals surface area contributed by atoms with E-state index in [1.807, 2.05) is 40.1 Å². The van der Waals surface area contributed by atoms with Crippen molar-refractivity contribution in [3.8, 4) is 0 Å². The molecule has 0 spiro atoms. The molecule has 0 aliphatic carbocycles. The van der Waals surface area contributed by atoms with Crippen LogP contribution in [0.25, 0.3) is 0 Å². The molecule has 0 amide bonds. The predicted octanol–water partition coefficient (Wildman–Crippen LogP) is 2.41. The zero-order valence-electron chi connectivity index (χ0n) is 14.1. The van der Waals surface area contributed by atoms with Gasteiger partial charge in [-0.3, -0.25) is 4.90 Å². The van der Waals surface area contributed by atoms with Crippen LogP contribution in [-0.4, -0.2) is 51.9 Å². The molecule has 5 nitrogen and oxygen atoms in total. The first kappa shape index (κ1) is 16.4. The Balaban J connectivity index is 1.44. The van der Waals surface area contributed by atoms with Crippen molar-refractivity contribution in [1.82, 2.24) is 14.9 Å². The Hall–Kier alpha value is -2.05. The van der Waals surface area contributed by atoms with Gasteiger partial charge in [0.1, 0.15) is 0 Å². The van der Waals surface area contributed by atoms with Gasteiger partial charge in [-0.15, -0.1) is 0 Å². The fourth-order valence-corrected chi connectivity index (χ4v) is 4.04. The highest BCUT2D eigenvalue weighted by Gasteiger charge is 2.41. The van der Waals surface area contributed by atoms with E-state index >= 15 is 0 Å². The zero-order valence-corrected chi connectivity index (χ0v) is 14.1. The lowest BCUT2D eigenvalue weighted by molar-refractivity contribution is -0.0438. The quantitative estimate of drug-likeness (QED) is 0.868. The Kier molecular flexibility index (Phi) is 4.63. The van der Waals surface area contributed by atoms with E-state index < -0.39 is 12.4 Å². The number of aliphatic hydroxyl groups excluding tert-OH is 1. The molecule has 1 N–H and O–H groups in total. The summed E-state index contributed by atoms with van der Waals surface area (Å²) in [5, 5.41) is 10.7. The van der Waals surface area contributed by atoms with E-state index in [4.69, 9.17) is 0 Å². The molecule has 4 rings (SSSR count). The summed E-state index contributed by atoms with van der Waals surface area (Å²) in [6.07, 6.45) is 3.55. The number of benzene rings is 1. The molecule has 0 saturated carbocycles. The number of halogens is 1. The minimum absolute atomic E-state index is 0.0661. The zero-order chi connectivity index (χ0) is 17.2. The number of hydrogen-bond donors (Lipinski definition) is 1. The fraction of sp³-hybridized carbons (Fsp3) is 0.474. The summed E-state index contributed by atoms with van der Waals surface area (Å²) < 4.78 is 14.8. The summed E-state index contributed by atoms with van der Waals surface area (Å²) in [7, 11) is 0. The van der Waals surface area contributed by atoms with E-state index in [0.717, 1.165) is 24.9 Å². The Morgan fingerprint density at radius 3 is 2.52 bits per heavy atom. The van der Waals surface area contributed by atoms with Gasteiger partial charge in [0, 0.05) is 37.4 Å². The lowest BCUT2D eigenvalue weighted by atomic mass is 9.84. The lowest BCUT2D eigenvalue weighted by Crippen LogP contribution is -2.60. The third-order valence-corrected chi connectivity index (χ3v) is 5.37. The number of piperidine rings is 1. The van der Waals surface area contributed by atoms with Crippen LogP contribution in [0, 0.1) is 5.92 Å². The first-order valence-corrected chi connectivity index (χ1v) is 8.87. The van der Waals surface area contributed by atoms with Gasteiger partial charge in [-0.2, -0.15) is 0 Å². The van der Waals surface area contributed by atoms with Gasteiger partial charge in [-0.05, 0) is 24.5 Å². The van der Waals surface area contributed by atoms with E-state index in [0.29, 0.717) is 12.5 Å². The average molecular weight is 342 g/mol. The van der Waals surface area contributed by atoms with Crippen molar-refractivity contribution in [2.45, 2.75) is 31.3 Å². The van der Waals surface area contributed by atoms with E-state index in [1.165, 1.54) is 0 Å². The van der Waals surface area contributed by atoms with Gasteiger partial charge in [0.25, 0.3) is 0 Å². The van der Waals surface area contributed by atoms with Crippen LogP contribution in [0.15, 0.2) is 48.8 Å². The van der Waals surface area contributed by atoms with Gasteiger partial charge in [-0.1, -0.05) is 30.3 Å². The molecule has 2 aromatic rings. The van der Waals surface area contributed by atoms with E-state index in [-0.39, 0.29) is 18.5 Å². The minimum Gasteiger partial charge on any atom is -0.388 e. The minimum atomic E-state index is -1.06. The van der Waals surface area contributed by atoms with Gasteiger partial charge in [-0.25, -0.2) is 14.4 Å². The first-order chi connectivity index (χ1) is 12.2. The normalized spacial score (nSPS) is 28.4. The van der Waals surface area contributed by atoms with Crippen LogP contribution in [0.5, 0.6) is 0 Å². The number of rotatable bonds is 3. The molecule has 2 aliphatic heterocycles. The van der Waals surface area contributed by atoms with Gasteiger partial charge < -0.3 is 10.0 Å². The van der Waals surface area contributed by atoms with E-state index in [2.05, 4.69) is 9.97 Å². The molecule has 2 saturated heterocycles. The Morgan fingerprint density at radius 2 is 1.76 bits per heavy atom. The molecule has 0 bridgehead atoms. The maximum atomic E-state index is 14.8. The second-order valence-electron chi connectivity index (χ2n) is 6.93. The first-order valence-electron chi connectivity index (χ1n) is 8.87. The number of piperazine rings is 1. The number of alkyl halides is 1. The Bertz CT molecular complexity index is 686. The van der Waals surface area contributed by atoms with Crippen LogP contribution in [0.4, 0.5) is 10.3 Å². The molecule has 2 fully saturated rings. The van der Waals surface area contributed by atoms with E-state index in [9.17, 15) is 9.50 Å². The average Bonchev–Trinajstić information content (AvgIpc) is 2.68. The number of nitrogens with zero attached hydrogens (tertiary/aromatic N) is 4. The van der Waals surface area contributed by atoms with Crippen molar-refractivity contribution in [1.29, 1.82) is 0 Å². The predicted molar refractivity (Wildman–Crippen MR) is 93.8 cm³/mol. The highest BCUT2D eigenvalue weighted by molar-refractivity contribution is 5.30. The summed E-state index contributed by atoms with van der Waals surface area (Å²) in [4.78, 5) is 12.3. The SMILES string of the molecule is OC(c1ccccc1)C1CCC2CN(c3ncccn3)CC(F)N2C1. The number of aromatic nitrogens is 2. The molecule has 132 valence electrons. The maximum Gasteiger partial charge on any atom is 0.225 e. The van der Waals surface area contributed by atoms with Crippen LogP contribution in [0.3, 0.4) is 0 Å². The van der Waals surface area contributed by atoms with Crippen molar-refractivity contribution < 1.29 is 9.50 Å². The standard InChI is InChI=1S/C19H23FN4O/c20-17-13-23(19-21-9-4-10-22-19)12-16-8-7-15(11-24(16)17)18(25)14-5-2-1-3-6-14/h1-6,9-10,15-18,25H,7-8,11-13H2. The number of aliphatic hydroxyl groups is 1. The molecule has 0 radical (unpaired) electrons. The third kappa shape index (κ3) is 3.37. The van der Waals surface area contributed by atoms with E-state index in [1.54, 1.807) is 18.5 Å². The van der Waals surface area contributed by atoms with Crippen molar-refractivity contribution in [2.75, 3.05) is 24.5 Å². The molecular weight excluding hydrogens is 319 g/mol. The van der Waals surface area contributed by atoms with Crippen molar-refractivity contribution in [3.05, 3.63) is 54.4 Å². The van der Waals surface area contributed by atoms with Gasteiger partial charge in [0.15, 0.2) is 6.30 Å². The summed E-state index contributed by atoms with van der Waals surface area (Å²) in [5.74, 6) is 0.660. The monoisotopic (exact) mass is 342 g/mol. The lowest BCUT2D eigenvalue weighted by Gasteiger charge is -2.48. The number of anilines is 1. The van der Waals surface area contributed by atoms with Gasteiger partial charge >= 0.3 is 0 Å². The van der Waals surface area contributed by atoms with Crippen LogP contribution in [0.1, 0.15) is 24.5 Å². The fourth-order valence-electron chi connectivity index (χ4n) is 4.04. The largest absolute Gasteiger partial charge is 0.388 e. The molecule has 4 unspecified atom stereocenters. The van der Waals surface area contributed by atoms with Crippen LogP contribution in [0.2, 0.25) is 0 Å². The molecule has 4 atom stereocenters. The van der Waals surface area contributed by atoms with Gasteiger partial charge in [0.2, 0.25) is 5.95 Å². The highest BCUT2D eigenvalue weighted by atomic mass is 19.1. The molecule has 2 aliphatic rings. The van der Waals surface area contributed by atoms with Crippen molar-refractivity contribution in [2.24, 2.45) is 5.92 Å². The van der Waals surface area contributed by atoms with Crippen LogP contribution >= 0.6 is 0 Å². The van der Waals surface area contributed by atoms with Crippen molar-refractivity contribution in [3.63, 3.8) is 0 Å². The summed E-state index contributed by atoms with van der Waals surface area (Å²) in [6, 6.07) is 11.6. The maximum absolute atomic E-state index is 14.8. The third-order valence-electron chi connectivity index (χ3n) is 5.37. The second-order valence-corrected chi connectivity index (χ2v) is 6.93. The summed E-state index contributed by atoms with van der Waals surface area (Å²) >= 11 is 0. The molecule has 25 heavy (non-hydrogen) atoms. The molecule has 1 aromatic heterocycles. The molecular formula is C19H23FN4O. The smallest absolute Gasteiger partial charge is 0.225 e. The van der Waals surface area contributed by atoms with Gasteiger partial charge in [0.05, 0.1) is 12.6 Å². The molecule has 3 heterocycles. The molecule has 6 heteroatoms. The van der Waals surface area contributed by atoms with Crippen LogP contribution < -0.4 is 4.90 Å².